The van der Waals surface area contributed by atoms with Gasteiger partial charge >= 0.3 is 0 Å². The predicted octanol–water partition coefficient (Wildman–Crippen LogP) is 3.19. The van der Waals surface area contributed by atoms with Crippen LogP contribution < -0.4 is 4.74 Å². The van der Waals surface area contributed by atoms with Gasteiger partial charge in [0.25, 0.3) is 0 Å². The van der Waals surface area contributed by atoms with Gasteiger partial charge in [0.05, 0.1) is 24.4 Å². The molecule has 0 N–H and O–H groups in total. The third-order valence-corrected chi connectivity index (χ3v) is 3.95. The van der Waals surface area contributed by atoms with Crippen LogP contribution >= 0.6 is 0 Å². The van der Waals surface area contributed by atoms with Crippen LogP contribution in [-0.4, -0.2) is 17.5 Å². The van der Waals surface area contributed by atoms with Crippen molar-refractivity contribution in [2.75, 3.05) is 7.11 Å². The topological polar surface area (TPSA) is 55.0 Å². The molecule has 0 saturated carbocycles. The van der Waals surface area contributed by atoms with E-state index in [2.05, 4.69) is 10.6 Å². The van der Waals surface area contributed by atoms with Crippen LogP contribution in [0.1, 0.15) is 40.2 Å². The number of carbonyl (C=O) groups is 1. The highest BCUT2D eigenvalue weighted by Gasteiger charge is 2.24. The molecule has 0 aliphatic heterocycles. The molecule has 0 radical (unpaired) electrons. The van der Waals surface area contributed by atoms with E-state index in [1.165, 1.54) is 0 Å². The van der Waals surface area contributed by atoms with Gasteiger partial charge in [-0.05, 0) is 38.0 Å². The zero-order chi connectivity index (χ0) is 15.0. The molecular weight excluding hydrogens is 264 g/mol. The number of nitrogens with zero attached hydrogens (tertiary/aromatic N) is 2. The van der Waals surface area contributed by atoms with Gasteiger partial charge in [-0.1, -0.05) is 0 Å². The first-order chi connectivity index (χ1) is 10.2. The molecule has 1 heterocycles. The highest BCUT2D eigenvalue weighted by molar-refractivity contribution is 5.98. The minimum absolute atomic E-state index is 0.214. The number of nitriles is 1. The van der Waals surface area contributed by atoms with Gasteiger partial charge in [0.2, 0.25) is 0 Å². The normalized spacial score (nSPS) is 13.7. The number of aromatic nitrogens is 1. The second kappa shape index (κ2) is 5.10. The molecule has 1 aromatic heterocycles. The summed E-state index contributed by atoms with van der Waals surface area (Å²) in [4.78, 5) is 12.0. The van der Waals surface area contributed by atoms with Crippen LogP contribution in [0.15, 0.2) is 24.3 Å². The van der Waals surface area contributed by atoms with Crippen molar-refractivity contribution in [1.29, 1.82) is 5.26 Å². The lowest BCUT2D eigenvalue weighted by Gasteiger charge is -2.18. The summed E-state index contributed by atoms with van der Waals surface area (Å²) in [5, 5.41) is 9.00. The Labute approximate surface area is 123 Å². The highest BCUT2D eigenvalue weighted by Crippen LogP contribution is 2.32. The van der Waals surface area contributed by atoms with Gasteiger partial charge in [0.15, 0.2) is 5.78 Å². The summed E-state index contributed by atoms with van der Waals surface area (Å²) in [5.41, 5.74) is 4.32. The average molecular weight is 280 g/mol. The second-order valence-corrected chi connectivity index (χ2v) is 5.26. The number of aryl methyl sites for hydroxylation is 1. The zero-order valence-corrected chi connectivity index (χ0v) is 12.1. The number of methoxy groups -OCH3 is 1. The number of carbonyl (C=O) groups excluding carboxylic acids is 1. The summed E-state index contributed by atoms with van der Waals surface area (Å²) in [7, 11) is 1.59. The van der Waals surface area contributed by atoms with Crippen molar-refractivity contribution in [3.63, 3.8) is 0 Å². The van der Waals surface area contributed by atoms with Crippen LogP contribution in [0.5, 0.6) is 5.75 Å². The number of ketones is 1. The van der Waals surface area contributed by atoms with E-state index < -0.39 is 0 Å². The fourth-order valence-corrected chi connectivity index (χ4v) is 3.00. The minimum Gasteiger partial charge on any atom is -0.495 e. The standard InChI is InChI=1S/C17H16N2O2/c1-11-8-13-14(4-3-5-16(13)20)19(11)15-7-6-12(10-18)9-17(15)21-2/h6-9H,3-5H2,1-2H3. The van der Waals surface area contributed by atoms with Crippen LogP contribution in [0.2, 0.25) is 0 Å². The molecule has 1 aliphatic carbocycles. The van der Waals surface area contributed by atoms with Crippen molar-refractivity contribution in [1.82, 2.24) is 4.57 Å². The molecule has 3 rings (SSSR count). The van der Waals surface area contributed by atoms with Crippen molar-refractivity contribution in [2.24, 2.45) is 0 Å². The van der Waals surface area contributed by atoms with Crippen molar-refractivity contribution >= 4 is 5.78 Å². The van der Waals surface area contributed by atoms with E-state index in [1.54, 1.807) is 19.2 Å². The van der Waals surface area contributed by atoms with E-state index in [0.29, 0.717) is 17.7 Å². The van der Waals surface area contributed by atoms with E-state index in [1.807, 2.05) is 19.1 Å². The van der Waals surface area contributed by atoms with Crippen LogP contribution in [0.3, 0.4) is 0 Å². The summed E-state index contributed by atoms with van der Waals surface area (Å²) in [6.45, 7) is 1.99. The van der Waals surface area contributed by atoms with Crippen molar-refractivity contribution in [3.8, 4) is 17.5 Å². The lowest BCUT2D eigenvalue weighted by atomic mass is 9.96. The molecule has 4 heteroatoms. The number of hydrogen-bond donors (Lipinski definition) is 0. The Morgan fingerprint density at radius 2 is 2.10 bits per heavy atom. The quantitative estimate of drug-likeness (QED) is 0.849. The molecule has 1 aromatic carbocycles. The summed E-state index contributed by atoms with van der Waals surface area (Å²) in [6, 6.07) is 9.45. The Morgan fingerprint density at radius 3 is 2.81 bits per heavy atom. The van der Waals surface area contributed by atoms with Gasteiger partial charge in [-0.15, -0.1) is 0 Å². The predicted molar refractivity (Wildman–Crippen MR) is 79.0 cm³/mol. The van der Waals surface area contributed by atoms with E-state index >= 15 is 0 Å². The number of fused-ring (bicyclic) bond motifs is 1. The van der Waals surface area contributed by atoms with E-state index in [0.717, 1.165) is 35.5 Å². The van der Waals surface area contributed by atoms with Gasteiger partial charge in [-0.2, -0.15) is 5.26 Å². The molecule has 0 saturated heterocycles. The fourth-order valence-electron chi connectivity index (χ4n) is 3.00. The number of hydrogen-bond acceptors (Lipinski definition) is 3. The maximum atomic E-state index is 12.0. The van der Waals surface area contributed by atoms with Crippen molar-refractivity contribution < 1.29 is 9.53 Å². The molecule has 0 unspecified atom stereocenters. The van der Waals surface area contributed by atoms with Gasteiger partial charge in [0.1, 0.15) is 5.75 Å². The van der Waals surface area contributed by atoms with Gasteiger partial charge < -0.3 is 9.30 Å². The zero-order valence-electron chi connectivity index (χ0n) is 12.1. The van der Waals surface area contributed by atoms with Crippen LogP contribution in [0.25, 0.3) is 5.69 Å². The van der Waals surface area contributed by atoms with Crippen molar-refractivity contribution in [2.45, 2.75) is 26.2 Å². The summed E-state index contributed by atoms with van der Waals surface area (Å²) in [6.07, 6.45) is 2.40. The van der Waals surface area contributed by atoms with Crippen LogP contribution in [0, 0.1) is 18.3 Å². The smallest absolute Gasteiger partial charge is 0.164 e. The van der Waals surface area contributed by atoms with E-state index in [9.17, 15) is 4.79 Å². The van der Waals surface area contributed by atoms with Gasteiger partial charge in [-0.25, -0.2) is 0 Å². The first kappa shape index (κ1) is 13.4. The maximum Gasteiger partial charge on any atom is 0.164 e. The average Bonchev–Trinajstić information content (AvgIpc) is 2.84. The largest absolute Gasteiger partial charge is 0.495 e. The molecule has 0 amide bonds. The molecule has 4 nitrogen and oxygen atoms in total. The molecule has 0 bridgehead atoms. The fraction of sp³-hybridized carbons (Fsp3) is 0.294. The Balaban J connectivity index is 2.22. The first-order valence-corrected chi connectivity index (χ1v) is 6.98. The molecule has 1 aliphatic rings. The third kappa shape index (κ3) is 2.11. The number of benzene rings is 1. The van der Waals surface area contributed by atoms with Gasteiger partial charge in [0, 0.05) is 29.4 Å². The van der Waals surface area contributed by atoms with E-state index in [-0.39, 0.29) is 5.78 Å². The number of rotatable bonds is 2. The van der Waals surface area contributed by atoms with Gasteiger partial charge in [-0.3, -0.25) is 4.79 Å². The third-order valence-electron chi connectivity index (χ3n) is 3.95. The molecule has 106 valence electrons. The Kier molecular flexibility index (Phi) is 3.26. The Hall–Kier alpha value is -2.54. The van der Waals surface area contributed by atoms with Crippen molar-refractivity contribution in [3.05, 3.63) is 46.8 Å². The SMILES string of the molecule is COc1cc(C#N)ccc1-n1c(C)cc2c1CCCC2=O. The molecule has 2 aromatic rings. The molecular formula is C17H16N2O2. The Bertz CT molecular complexity index is 766. The number of Topliss-reactive ketones (excluding diaryl/α,β-unsaturated/α-hetero) is 1. The summed E-state index contributed by atoms with van der Waals surface area (Å²) in [5.74, 6) is 0.860. The minimum atomic E-state index is 0.214. The van der Waals surface area contributed by atoms with Crippen LogP contribution in [0.4, 0.5) is 0 Å². The highest BCUT2D eigenvalue weighted by atomic mass is 16.5. The lowest BCUT2D eigenvalue weighted by molar-refractivity contribution is 0.0972. The monoisotopic (exact) mass is 280 g/mol. The number of ether oxygens (including phenoxy) is 1. The molecule has 0 atom stereocenters. The Morgan fingerprint density at radius 1 is 1.29 bits per heavy atom. The summed E-state index contributed by atoms with van der Waals surface area (Å²) < 4.78 is 7.50. The van der Waals surface area contributed by atoms with Crippen LogP contribution in [-0.2, 0) is 6.42 Å². The molecule has 21 heavy (non-hydrogen) atoms. The lowest BCUT2D eigenvalue weighted by Crippen LogP contribution is -2.13. The molecule has 0 spiro atoms. The summed E-state index contributed by atoms with van der Waals surface area (Å²) >= 11 is 0. The molecule has 0 fully saturated rings. The first-order valence-electron chi connectivity index (χ1n) is 6.98. The van der Waals surface area contributed by atoms with E-state index in [4.69, 9.17) is 10.00 Å². The second-order valence-electron chi connectivity index (χ2n) is 5.26. The maximum absolute atomic E-state index is 12.0.